The minimum absolute atomic E-state index is 0.0560. The Labute approximate surface area is 116 Å². The number of esters is 1. The zero-order valence-corrected chi connectivity index (χ0v) is 11.5. The third kappa shape index (κ3) is 3.13. The SMILES string of the molecule is COC(=O)C1CCCCN1C(=O)Cn1cc(CN)nn1. The quantitative estimate of drug-likeness (QED) is 0.731. The van der Waals surface area contributed by atoms with E-state index in [0.717, 1.165) is 12.8 Å². The summed E-state index contributed by atoms with van der Waals surface area (Å²) < 4.78 is 6.20. The van der Waals surface area contributed by atoms with Crippen molar-refractivity contribution >= 4 is 11.9 Å². The Hall–Kier alpha value is -1.96. The molecular weight excluding hydrogens is 262 g/mol. The van der Waals surface area contributed by atoms with Gasteiger partial charge in [-0.25, -0.2) is 9.48 Å². The van der Waals surface area contributed by atoms with Crippen LogP contribution in [0, 0.1) is 0 Å². The Morgan fingerprint density at radius 2 is 2.30 bits per heavy atom. The van der Waals surface area contributed by atoms with E-state index in [0.29, 0.717) is 18.7 Å². The van der Waals surface area contributed by atoms with Crippen molar-refractivity contribution < 1.29 is 14.3 Å². The number of rotatable bonds is 4. The molecule has 2 N–H and O–H groups in total. The second-order valence-electron chi connectivity index (χ2n) is 4.73. The second kappa shape index (κ2) is 6.47. The maximum absolute atomic E-state index is 12.3. The van der Waals surface area contributed by atoms with Gasteiger partial charge in [0.15, 0.2) is 0 Å². The lowest BCUT2D eigenvalue weighted by molar-refractivity contribution is -0.155. The molecule has 0 bridgehead atoms. The molecule has 1 unspecified atom stereocenters. The molecule has 2 rings (SSSR count). The first-order valence-corrected chi connectivity index (χ1v) is 6.62. The summed E-state index contributed by atoms with van der Waals surface area (Å²) in [5.74, 6) is -0.521. The van der Waals surface area contributed by atoms with Crippen molar-refractivity contribution in [2.24, 2.45) is 5.73 Å². The Balaban J connectivity index is 2.03. The molecule has 2 heterocycles. The Morgan fingerprint density at radius 3 is 2.95 bits per heavy atom. The molecule has 1 aromatic heterocycles. The van der Waals surface area contributed by atoms with Crippen LogP contribution in [0.4, 0.5) is 0 Å². The molecule has 1 fully saturated rings. The molecule has 8 heteroatoms. The van der Waals surface area contributed by atoms with E-state index in [1.807, 2.05) is 0 Å². The Morgan fingerprint density at radius 1 is 1.50 bits per heavy atom. The van der Waals surface area contributed by atoms with Crippen LogP contribution in [-0.4, -0.2) is 51.5 Å². The summed E-state index contributed by atoms with van der Waals surface area (Å²) in [6, 6.07) is -0.487. The van der Waals surface area contributed by atoms with Gasteiger partial charge in [-0.05, 0) is 19.3 Å². The van der Waals surface area contributed by atoms with Crippen LogP contribution in [0.2, 0.25) is 0 Å². The summed E-state index contributed by atoms with van der Waals surface area (Å²) in [7, 11) is 1.34. The highest BCUT2D eigenvalue weighted by atomic mass is 16.5. The molecule has 1 saturated heterocycles. The van der Waals surface area contributed by atoms with E-state index in [-0.39, 0.29) is 25.0 Å². The number of hydrogen-bond donors (Lipinski definition) is 1. The van der Waals surface area contributed by atoms with Crippen LogP contribution in [0.25, 0.3) is 0 Å². The van der Waals surface area contributed by atoms with Gasteiger partial charge in [-0.2, -0.15) is 0 Å². The number of nitrogens with two attached hydrogens (primary N) is 1. The number of hydrogen-bond acceptors (Lipinski definition) is 6. The zero-order chi connectivity index (χ0) is 14.5. The molecular formula is C12H19N5O3. The molecule has 1 aromatic rings. The van der Waals surface area contributed by atoms with Gasteiger partial charge in [0, 0.05) is 13.1 Å². The van der Waals surface area contributed by atoms with E-state index in [4.69, 9.17) is 10.5 Å². The molecule has 1 atom stereocenters. The Kier molecular flexibility index (Phi) is 4.67. The first kappa shape index (κ1) is 14.4. The fraction of sp³-hybridized carbons (Fsp3) is 0.667. The lowest BCUT2D eigenvalue weighted by Gasteiger charge is -2.33. The van der Waals surface area contributed by atoms with Crippen LogP contribution in [0.5, 0.6) is 0 Å². The normalized spacial score (nSPS) is 18.9. The van der Waals surface area contributed by atoms with Crippen LogP contribution in [0.3, 0.4) is 0 Å². The van der Waals surface area contributed by atoms with Crippen LogP contribution in [0.1, 0.15) is 25.0 Å². The summed E-state index contributed by atoms with van der Waals surface area (Å²) in [5.41, 5.74) is 6.07. The highest BCUT2D eigenvalue weighted by Crippen LogP contribution is 2.18. The number of carbonyl (C=O) groups excluding carboxylic acids is 2. The van der Waals surface area contributed by atoms with Crippen molar-refractivity contribution in [2.75, 3.05) is 13.7 Å². The standard InChI is InChI=1S/C12H19N5O3/c1-20-12(19)10-4-2-3-5-17(10)11(18)8-16-7-9(6-13)14-15-16/h7,10H,2-6,8,13H2,1H3. The molecule has 0 saturated carbocycles. The average molecular weight is 281 g/mol. The first-order chi connectivity index (χ1) is 9.65. The molecule has 0 aromatic carbocycles. The second-order valence-corrected chi connectivity index (χ2v) is 4.73. The third-order valence-electron chi connectivity index (χ3n) is 3.39. The lowest BCUT2D eigenvalue weighted by Crippen LogP contribution is -2.49. The lowest BCUT2D eigenvalue weighted by atomic mass is 10.0. The average Bonchev–Trinajstić information content (AvgIpc) is 2.94. The van der Waals surface area contributed by atoms with E-state index in [1.54, 1.807) is 11.1 Å². The molecule has 1 amide bonds. The van der Waals surface area contributed by atoms with Crippen molar-refractivity contribution in [1.82, 2.24) is 19.9 Å². The van der Waals surface area contributed by atoms with E-state index >= 15 is 0 Å². The van der Waals surface area contributed by atoms with Crippen LogP contribution in [0.15, 0.2) is 6.20 Å². The van der Waals surface area contributed by atoms with Crippen molar-refractivity contribution in [3.05, 3.63) is 11.9 Å². The van der Waals surface area contributed by atoms with Crippen LogP contribution >= 0.6 is 0 Å². The highest BCUT2D eigenvalue weighted by Gasteiger charge is 2.32. The molecule has 0 aliphatic carbocycles. The minimum Gasteiger partial charge on any atom is -0.467 e. The summed E-state index contributed by atoms with van der Waals surface area (Å²) >= 11 is 0. The first-order valence-electron chi connectivity index (χ1n) is 6.62. The predicted molar refractivity (Wildman–Crippen MR) is 69.3 cm³/mol. The fourth-order valence-electron chi connectivity index (χ4n) is 2.35. The number of methoxy groups -OCH3 is 1. The summed E-state index contributed by atoms with van der Waals surface area (Å²) in [6.07, 6.45) is 4.09. The van der Waals surface area contributed by atoms with E-state index < -0.39 is 6.04 Å². The number of ether oxygens (including phenoxy) is 1. The van der Waals surface area contributed by atoms with Gasteiger partial charge in [0.25, 0.3) is 0 Å². The molecule has 8 nitrogen and oxygen atoms in total. The minimum atomic E-state index is -0.487. The Bertz CT molecular complexity index is 487. The van der Waals surface area contributed by atoms with Gasteiger partial charge in [-0.15, -0.1) is 5.10 Å². The summed E-state index contributed by atoms with van der Waals surface area (Å²) in [5, 5.41) is 7.66. The van der Waals surface area contributed by atoms with Crippen molar-refractivity contribution in [2.45, 2.75) is 38.4 Å². The van der Waals surface area contributed by atoms with E-state index in [2.05, 4.69) is 10.3 Å². The van der Waals surface area contributed by atoms with Crippen molar-refractivity contribution in [3.8, 4) is 0 Å². The largest absolute Gasteiger partial charge is 0.467 e. The van der Waals surface area contributed by atoms with Gasteiger partial charge < -0.3 is 15.4 Å². The van der Waals surface area contributed by atoms with Gasteiger partial charge in [-0.1, -0.05) is 5.21 Å². The maximum Gasteiger partial charge on any atom is 0.328 e. The van der Waals surface area contributed by atoms with E-state index in [9.17, 15) is 9.59 Å². The fourth-order valence-corrected chi connectivity index (χ4v) is 2.35. The number of aromatic nitrogens is 3. The molecule has 1 aliphatic heterocycles. The molecule has 20 heavy (non-hydrogen) atoms. The van der Waals surface area contributed by atoms with Crippen LogP contribution < -0.4 is 5.73 Å². The predicted octanol–water partition coefficient (Wildman–Crippen LogP) is -0.709. The van der Waals surface area contributed by atoms with Gasteiger partial charge in [-0.3, -0.25) is 4.79 Å². The smallest absolute Gasteiger partial charge is 0.328 e. The number of nitrogens with zero attached hydrogens (tertiary/aromatic N) is 4. The molecule has 0 spiro atoms. The van der Waals surface area contributed by atoms with Crippen molar-refractivity contribution in [3.63, 3.8) is 0 Å². The van der Waals surface area contributed by atoms with Crippen LogP contribution in [-0.2, 0) is 27.4 Å². The maximum atomic E-state index is 12.3. The number of likely N-dealkylation sites (tertiary alicyclic amines) is 1. The monoisotopic (exact) mass is 281 g/mol. The molecule has 0 radical (unpaired) electrons. The third-order valence-corrected chi connectivity index (χ3v) is 3.39. The van der Waals surface area contributed by atoms with Gasteiger partial charge in [0.1, 0.15) is 12.6 Å². The highest BCUT2D eigenvalue weighted by molar-refractivity contribution is 5.84. The van der Waals surface area contributed by atoms with Gasteiger partial charge in [0.2, 0.25) is 5.91 Å². The van der Waals surface area contributed by atoms with Crippen molar-refractivity contribution in [1.29, 1.82) is 0 Å². The number of carbonyl (C=O) groups is 2. The number of amides is 1. The van der Waals surface area contributed by atoms with E-state index in [1.165, 1.54) is 11.8 Å². The number of piperidine rings is 1. The summed E-state index contributed by atoms with van der Waals surface area (Å²) in [6.45, 7) is 0.903. The zero-order valence-electron chi connectivity index (χ0n) is 11.5. The van der Waals surface area contributed by atoms with Gasteiger partial charge >= 0.3 is 5.97 Å². The topological polar surface area (TPSA) is 103 Å². The molecule has 1 aliphatic rings. The van der Waals surface area contributed by atoms with Gasteiger partial charge in [0.05, 0.1) is 19.0 Å². The summed E-state index contributed by atoms with van der Waals surface area (Å²) in [4.78, 5) is 25.6. The molecule has 110 valence electrons.